The number of amides is 2. The second-order valence-corrected chi connectivity index (χ2v) is 12.9. The molecule has 0 unspecified atom stereocenters. The third kappa shape index (κ3) is 8.24. The van der Waals surface area contributed by atoms with Gasteiger partial charge in [0.15, 0.2) is 0 Å². The van der Waals surface area contributed by atoms with Crippen molar-refractivity contribution in [2.75, 3.05) is 10.8 Å². The summed E-state index contributed by atoms with van der Waals surface area (Å²) < 4.78 is 29.0. The van der Waals surface area contributed by atoms with Crippen molar-refractivity contribution in [3.05, 3.63) is 93.5 Å². The van der Waals surface area contributed by atoms with Gasteiger partial charge in [-0.25, -0.2) is 8.42 Å². The number of carbonyl (C=O) groups is 2. The third-order valence-corrected chi connectivity index (χ3v) is 9.30. The number of aryl methyl sites for hydroxylation is 2. The van der Waals surface area contributed by atoms with Crippen molar-refractivity contribution in [2.45, 2.75) is 71.0 Å². The average Bonchev–Trinajstić information content (AvgIpc) is 2.92. The summed E-state index contributed by atoms with van der Waals surface area (Å²) in [6.45, 7) is 8.85. The molecule has 3 rings (SSSR count). The van der Waals surface area contributed by atoms with Crippen molar-refractivity contribution in [1.82, 2.24) is 10.2 Å². The highest BCUT2D eigenvalue weighted by Gasteiger charge is 2.34. The van der Waals surface area contributed by atoms with Crippen LogP contribution in [-0.2, 0) is 26.2 Å². The van der Waals surface area contributed by atoms with Gasteiger partial charge in [0.1, 0.15) is 12.6 Å². The van der Waals surface area contributed by atoms with Crippen molar-refractivity contribution in [3.63, 3.8) is 0 Å². The molecule has 0 radical (unpaired) electrons. The van der Waals surface area contributed by atoms with Gasteiger partial charge in [0, 0.05) is 22.6 Å². The Morgan fingerprint density at radius 2 is 1.59 bits per heavy atom. The molecule has 41 heavy (non-hydrogen) atoms. The van der Waals surface area contributed by atoms with Gasteiger partial charge < -0.3 is 10.2 Å². The molecule has 0 saturated heterocycles. The number of nitrogens with zero attached hydrogens (tertiary/aromatic N) is 2. The van der Waals surface area contributed by atoms with E-state index in [9.17, 15) is 18.0 Å². The number of anilines is 1. The lowest BCUT2D eigenvalue weighted by Crippen LogP contribution is -2.53. The highest BCUT2D eigenvalue weighted by atomic mass is 35.5. The zero-order valence-corrected chi connectivity index (χ0v) is 26.4. The number of benzene rings is 3. The van der Waals surface area contributed by atoms with E-state index in [1.54, 1.807) is 48.5 Å². The molecule has 3 aromatic rings. The van der Waals surface area contributed by atoms with Crippen LogP contribution in [0.4, 0.5) is 5.69 Å². The second kappa shape index (κ2) is 14.2. The lowest BCUT2D eigenvalue weighted by Gasteiger charge is -2.34. The van der Waals surface area contributed by atoms with Gasteiger partial charge in [-0.3, -0.25) is 13.9 Å². The first-order valence-corrected chi connectivity index (χ1v) is 15.8. The van der Waals surface area contributed by atoms with Crippen LogP contribution >= 0.6 is 23.2 Å². The van der Waals surface area contributed by atoms with E-state index in [0.29, 0.717) is 27.7 Å². The molecule has 10 heteroatoms. The Morgan fingerprint density at radius 3 is 2.17 bits per heavy atom. The van der Waals surface area contributed by atoms with Crippen LogP contribution in [0.25, 0.3) is 0 Å². The van der Waals surface area contributed by atoms with E-state index in [4.69, 9.17) is 23.2 Å². The number of sulfonamides is 1. The maximum Gasteiger partial charge on any atom is 0.264 e. The standard InChI is InChI=1S/C31H37Cl2N3O4S/c1-6-23(5)34-31(38)29(7-2)35(19-24-13-14-25(32)18-28(24)33)30(37)20-36(26-10-8-9-22(4)17-26)41(39,40)27-15-11-21(3)12-16-27/h8-18,23,29H,6-7,19-20H2,1-5H3,(H,34,38)/t23-,29-/m0/s1. The molecule has 0 heterocycles. The first-order chi connectivity index (χ1) is 19.4. The van der Waals surface area contributed by atoms with E-state index in [-0.39, 0.29) is 23.4 Å². The topological polar surface area (TPSA) is 86.8 Å². The van der Waals surface area contributed by atoms with E-state index >= 15 is 0 Å². The summed E-state index contributed by atoms with van der Waals surface area (Å²) in [5.74, 6) is -0.858. The normalized spacial score (nSPS) is 12.9. The van der Waals surface area contributed by atoms with Gasteiger partial charge in [-0.05, 0) is 81.1 Å². The van der Waals surface area contributed by atoms with Gasteiger partial charge in [-0.15, -0.1) is 0 Å². The average molecular weight is 619 g/mol. The summed E-state index contributed by atoms with van der Waals surface area (Å²) in [5, 5.41) is 3.74. The smallest absolute Gasteiger partial charge is 0.264 e. The van der Waals surface area contributed by atoms with Crippen LogP contribution in [0.2, 0.25) is 10.0 Å². The lowest BCUT2D eigenvalue weighted by atomic mass is 10.1. The van der Waals surface area contributed by atoms with Crippen LogP contribution in [0, 0.1) is 13.8 Å². The van der Waals surface area contributed by atoms with E-state index in [1.165, 1.54) is 17.0 Å². The number of hydrogen-bond donors (Lipinski definition) is 1. The summed E-state index contributed by atoms with van der Waals surface area (Å²) in [4.78, 5) is 29.0. The Bertz CT molecular complexity index is 1480. The van der Waals surface area contributed by atoms with Crippen molar-refractivity contribution < 1.29 is 18.0 Å². The minimum absolute atomic E-state index is 0.00644. The highest BCUT2D eigenvalue weighted by Crippen LogP contribution is 2.27. The summed E-state index contributed by atoms with van der Waals surface area (Å²) in [6.07, 6.45) is 1.03. The van der Waals surface area contributed by atoms with Crippen LogP contribution in [0.5, 0.6) is 0 Å². The molecule has 7 nitrogen and oxygen atoms in total. The fourth-order valence-electron chi connectivity index (χ4n) is 4.34. The molecular weight excluding hydrogens is 581 g/mol. The monoisotopic (exact) mass is 617 g/mol. The highest BCUT2D eigenvalue weighted by molar-refractivity contribution is 7.92. The van der Waals surface area contributed by atoms with Gasteiger partial charge in [-0.1, -0.05) is 72.9 Å². The minimum atomic E-state index is -4.14. The molecule has 1 N–H and O–H groups in total. The quantitative estimate of drug-likeness (QED) is 0.250. The molecule has 0 spiro atoms. The summed E-state index contributed by atoms with van der Waals surface area (Å²) in [5.41, 5.74) is 2.68. The number of rotatable bonds is 12. The maximum absolute atomic E-state index is 14.2. The molecule has 0 aliphatic rings. The van der Waals surface area contributed by atoms with Crippen LogP contribution in [0.15, 0.2) is 71.6 Å². The molecule has 3 aromatic carbocycles. The molecule has 2 amide bonds. The van der Waals surface area contributed by atoms with E-state index in [1.807, 2.05) is 40.7 Å². The van der Waals surface area contributed by atoms with Crippen molar-refractivity contribution in [1.29, 1.82) is 0 Å². The zero-order chi connectivity index (χ0) is 30.3. The van der Waals surface area contributed by atoms with Crippen LogP contribution in [-0.4, -0.2) is 43.8 Å². The predicted molar refractivity (Wildman–Crippen MR) is 166 cm³/mol. The molecule has 0 fully saturated rings. The van der Waals surface area contributed by atoms with Gasteiger partial charge in [0.25, 0.3) is 10.0 Å². The molecule has 0 bridgehead atoms. The second-order valence-electron chi connectivity index (χ2n) is 10.2. The van der Waals surface area contributed by atoms with Crippen molar-refractivity contribution in [2.24, 2.45) is 0 Å². The molecule has 2 atom stereocenters. The van der Waals surface area contributed by atoms with Crippen LogP contribution in [0.3, 0.4) is 0 Å². The van der Waals surface area contributed by atoms with Crippen molar-refractivity contribution in [3.8, 4) is 0 Å². The number of carbonyl (C=O) groups excluding carboxylic acids is 2. The van der Waals surface area contributed by atoms with Gasteiger partial charge in [-0.2, -0.15) is 0 Å². The molecule has 0 aromatic heterocycles. The Kier molecular flexibility index (Phi) is 11.2. The Balaban J connectivity index is 2.08. The number of halogens is 2. The number of nitrogens with one attached hydrogen (secondary N) is 1. The van der Waals surface area contributed by atoms with Crippen LogP contribution in [0.1, 0.15) is 50.3 Å². The van der Waals surface area contributed by atoms with Crippen molar-refractivity contribution >= 4 is 50.7 Å². The van der Waals surface area contributed by atoms with Gasteiger partial charge >= 0.3 is 0 Å². The Labute approximate surface area is 253 Å². The summed E-state index contributed by atoms with van der Waals surface area (Å²) in [6, 6.07) is 17.4. The van der Waals surface area contributed by atoms with Crippen LogP contribution < -0.4 is 9.62 Å². The fraction of sp³-hybridized carbons (Fsp3) is 0.355. The molecule has 0 aliphatic heterocycles. The SMILES string of the molecule is CC[C@H](C)NC(=O)[C@H](CC)N(Cc1ccc(Cl)cc1Cl)C(=O)CN(c1cccc(C)c1)S(=O)(=O)c1ccc(C)cc1. The molecular formula is C31H37Cl2N3O4S. The maximum atomic E-state index is 14.2. The summed E-state index contributed by atoms with van der Waals surface area (Å²) >= 11 is 12.6. The fourth-order valence-corrected chi connectivity index (χ4v) is 6.22. The number of hydrogen-bond acceptors (Lipinski definition) is 4. The van der Waals surface area contributed by atoms with E-state index in [2.05, 4.69) is 5.32 Å². The molecule has 0 saturated carbocycles. The summed E-state index contributed by atoms with van der Waals surface area (Å²) in [7, 11) is -4.14. The third-order valence-electron chi connectivity index (χ3n) is 6.92. The minimum Gasteiger partial charge on any atom is -0.352 e. The first kappa shape index (κ1) is 32.4. The van der Waals surface area contributed by atoms with E-state index in [0.717, 1.165) is 21.9 Å². The first-order valence-electron chi connectivity index (χ1n) is 13.6. The predicted octanol–water partition coefficient (Wildman–Crippen LogP) is 6.53. The zero-order valence-electron chi connectivity index (χ0n) is 24.0. The Morgan fingerprint density at radius 1 is 0.902 bits per heavy atom. The lowest BCUT2D eigenvalue weighted by molar-refractivity contribution is -0.140. The van der Waals surface area contributed by atoms with Gasteiger partial charge in [0.05, 0.1) is 10.6 Å². The van der Waals surface area contributed by atoms with Gasteiger partial charge in [0.2, 0.25) is 11.8 Å². The van der Waals surface area contributed by atoms with E-state index < -0.39 is 28.5 Å². The largest absolute Gasteiger partial charge is 0.352 e. The molecule has 220 valence electrons. The molecule has 0 aliphatic carbocycles. The Hall–Kier alpha value is -3.07.